The molecule has 0 spiro atoms. The lowest BCUT2D eigenvalue weighted by Gasteiger charge is -2.27. The highest BCUT2D eigenvalue weighted by Gasteiger charge is 2.28. The number of nitrogens with zero attached hydrogens (tertiary/aromatic N) is 1. The minimum Gasteiger partial charge on any atom is -0.379 e. The standard InChI is InChI=1S/C18H20N2O4S/c21-18(15-6-2-1-3-7-15)19-14-16-8-4-5-9-17(16)25(22,23)20-10-12-24-13-11-20/h1-9H,10-14H2,(H,19,21). The van der Waals surface area contributed by atoms with E-state index in [0.717, 1.165) is 0 Å². The van der Waals surface area contributed by atoms with Crippen molar-refractivity contribution >= 4 is 15.9 Å². The van der Waals surface area contributed by atoms with Crippen LogP contribution in [0.1, 0.15) is 15.9 Å². The van der Waals surface area contributed by atoms with Crippen LogP contribution in [-0.2, 0) is 21.3 Å². The summed E-state index contributed by atoms with van der Waals surface area (Å²) in [7, 11) is -3.60. The van der Waals surface area contributed by atoms with Crippen LogP contribution in [-0.4, -0.2) is 44.9 Å². The van der Waals surface area contributed by atoms with Crippen LogP contribution in [0.3, 0.4) is 0 Å². The Labute approximate surface area is 147 Å². The topological polar surface area (TPSA) is 75.7 Å². The third kappa shape index (κ3) is 4.07. The van der Waals surface area contributed by atoms with E-state index in [4.69, 9.17) is 4.74 Å². The Bertz CT molecular complexity index is 831. The third-order valence-corrected chi connectivity index (χ3v) is 6.03. The summed E-state index contributed by atoms with van der Waals surface area (Å²) in [6.45, 7) is 1.62. The molecule has 1 heterocycles. The lowest BCUT2D eigenvalue weighted by Crippen LogP contribution is -2.41. The summed E-state index contributed by atoms with van der Waals surface area (Å²) < 4.78 is 32.4. The fraction of sp³-hybridized carbons (Fsp3) is 0.278. The Hall–Kier alpha value is -2.22. The second-order valence-corrected chi connectivity index (χ2v) is 7.58. The Balaban J connectivity index is 1.78. The molecular weight excluding hydrogens is 340 g/mol. The summed E-state index contributed by atoms with van der Waals surface area (Å²) in [6, 6.07) is 15.6. The van der Waals surface area contributed by atoms with E-state index < -0.39 is 10.0 Å². The molecule has 1 aliphatic heterocycles. The first-order valence-electron chi connectivity index (χ1n) is 8.08. The van der Waals surface area contributed by atoms with Gasteiger partial charge in [-0.1, -0.05) is 36.4 Å². The summed E-state index contributed by atoms with van der Waals surface area (Å²) >= 11 is 0. The molecule has 0 atom stereocenters. The normalized spacial score (nSPS) is 15.7. The Morgan fingerprint density at radius 1 is 1.00 bits per heavy atom. The van der Waals surface area contributed by atoms with Crippen molar-refractivity contribution in [3.63, 3.8) is 0 Å². The van der Waals surface area contributed by atoms with Crippen LogP contribution < -0.4 is 5.32 Å². The molecule has 0 aromatic heterocycles. The highest BCUT2D eigenvalue weighted by Crippen LogP contribution is 2.21. The van der Waals surface area contributed by atoms with Crippen LogP contribution in [0.2, 0.25) is 0 Å². The van der Waals surface area contributed by atoms with Crippen LogP contribution in [0.25, 0.3) is 0 Å². The molecule has 132 valence electrons. The van der Waals surface area contributed by atoms with Crippen molar-refractivity contribution in [2.24, 2.45) is 0 Å². The van der Waals surface area contributed by atoms with Gasteiger partial charge in [-0.3, -0.25) is 4.79 Å². The van der Waals surface area contributed by atoms with Gasteiger partial charge >= 0.3 is 0 Å². The second kappa shape index (κ2) is 7.77. The van der Waals surface area contributed by atoms with E-state index >= 15 is 0 Å². The molecule has 0 radical (unpaired) electrons. The number of morpholine rings is 1. The molecule has 6 nitrogen and oxygen atoms in total. The van der Waals surface area contributed by atoms with Crippen LogP contribution >= 0.6 is 0 Å². The molecule has 1 amide bonds. The Morgan fingerprint density at radius 2 is 1.64 bits per heavy atom. The van der Waals surface area contributed by atoms with Gasteiger partial charge in [0.05, 0.1) is 18.1 Å². The molecule has 2 aromatic carbocycles. The lowest BCUT2D eigenvalue weighted by atomic mass is 10.2. The van der Waals surface area contributed by atoms with Gasteiger partial charge in [-0.2, -0.15) is 4.31 Å². The predicted molar refractivity (Wildman–Crippen MR) is 93.6 cm³/mol. The molecule has 0 saturated carbocycles. The number of hydrogen-bond donors (Lipinski definition) is 1. The minimum atomic E-state index is -3.60. The molecule has 0 bridgehead atoms. The van der Waals surface area contributed by atoms with E-state index in [-0.39, 0.29) is 17.3 Å². The molecule has 0 unspecified atom stereocenters. The van der Waals surface area contributed by atoms with E-state index in [1.165, 1.54) is 4.31 Å². The zero-order chi connectivity index (χ0) is 17.7. The number of rotatable bonds is 5. The first kappa shape index (κ1) is 17.6. The van der Waals surface area contributed by atoms with Gasteiger partial charge in [0.25, 0.3) is 5.91 Å². The molecule has 1 saturated heterocycles. The van der Waals surface area contributed by atoms with E-state index in [9.17, 15) is 13.2 Å². The molecule has 3 rings (SSSR count). The van der Waals surface area contributed by atoms with Crippen LogP contribution in [0.5, 0.6) is 0 Å². The molecule has 7 heteroatoms. The van der Waals surface area contributed by atoms with Gasteiger partial charge < -0.3 is 10.1 Å². The van der Waals surface area contributed by atoms with Gasteiger partial charge in [0, 0.05) is 25.2 Å². The number of carbonyl (C=O) groups excluding carboxylic acids is 1. The highest BCUT2D eigenvalue weighted by molar-refractivity contribution is 7.89. The van der Waals surface area contributed by atoms with Crippen molar-refractivity contribution in [1.82, 2.24) is 9.62 Å². The smallest absolute Gasteiger partial charge is 0.251 e. The van der Waals surface area contributed by atoms with E-state index in [1.54, 1.807) is 48.5 Å². The monoisotopic (exact) mass is 360 g/mol. The summed E-state index contributed by atoms with van der Waals surface area (Å²) in [5.74, 6) is -0.237. The third-order valence-electron chi connectivity index (χ3n) is 4.04. The van der Waals surface area contributed by atoms with Crippen molar-refractivity contribution in [3.05, 3.63) is 65.7 Å². The number of benzene rings is 2. The molecule has 1 aliphatic rings. The first-order chi connectivity index (χ1) is 12.1. The first-order valence-corrected chi connectivity index (χ1v) is 9.52. The highest BCUT2D eigenvalue weighted by atomic mass is 32.2. The summed E-state index contributed by atoms with van der Waals surface area (Å²) in [5, 5.41) is 2.78. The largest absolute Gasteiger partial charge is 0.379 e. The fourth-order valence-corrected chi connectivity index (χ4v) is 4.32. The second-order valence-electron chi connectivity index (χ2n) is 5.67. The van der Waals surface area contributed by atoms with Gasteiger partial charge in [-0.15, -0.1) is 0 Å². The van der Waals surface area contributed by atoms with Crippen molar-refractivity contribution in [1.29, 1.82) is 0 Å². The van der Waals surface area contributed by atoms with Gasteiger partial charge in [-0.25, -0.2) is 8.42 Å². The van der Waals surface area contributed by atoms with E-state index in [1.807, 2.05) is 6.07 Å². The predicted octanol–water partition coefficient (Wildman–Crippen LogP) is 1.64. The Kier molecular flexibility index (Phi) is 5.47. The summed E-state index contributed by atoms with van der Waals surface area (Å²) in [5.41, 5.74) is 1.11. The molecule has 1 fully saturated rings. The maximum atomic E-state index is 12.9. The molecule has 0 aliphatic carbocycles. The van der Waals surface area contributed by atoms with Crippen molar-refractivity contribution in [3.8, 4) is 0 Å². The van der Waals surface area contributed by atoms with Crippen LogP contribution in [0.4, 0.5) is 0 Å². The maximum absolute atomic E-state index is 12.9. The van der Waals surface area contributed by atoms with Crippen LogP contribution in [0.15, 0.2) is 59.5 Å². The maximum Gasteiger partial charge on any atom is 0.251 e. The van der Waals surface area contributed by atoms with Crippen LogP contribution in [0, 0.1) is 0 Å². The average molecular weight is 360 g/mol. The molecular formula is C18H20N2O4S. The SMILES string of the molecule is O=C(NCc1ccccc1S(=O)(=O)N1CCOCC1)c1ccccc1. The number of sulfonamides is 1. The van der Waals surface area contributed by atoms with Gasteiger partial charge in [-0.05, 0) is 23.8 Å². The number of amides is 1. The van der Waals surface area contributed by atoms with Gasteiger partial charge in [0.15, 0.2) is 0 Å². The molecule has 1 N–H and O–H groups in total. The Morgan fingerprint density at radius 3 is 2.36 bits per heavy atom. The zero-order valence-corrected chi connectivity index (χ0v) is 14.5. The van der Waals surface area contributed by atoms with Crippen molar-refractivity contribution < 1.29 is 17.9 Å². The lowest BCUT2D eigenvalue weighted by molar-refractivity contribution is 0.0730. The molecule has 2 aromatic rings. The number of ether oxygens (including phenoxy) is 1. The van der Waals surface area contributed by atoms with Crippen molar-refractivity contribution in [2.75, 3.05) is 26.3 Å². The average Bonchev–Trinajstić information content (AvgIpc) is 2.67. The van der Waals surface area contributed by atoms with E-state index in [2.05, 4.69) is 5.32 Å². The van der Waals surface area contributed by atoms with Gasteiger partial charge in [0.2, 0.25) is 10.0 Å². The van der Waals surface area contributed by atoms with Gasteiger partial charge in [0.1, 0.15) is 0 Å². The quantitative estimate of drug-likeness (QED) is 0.879. The number of hydrogen-bond acceptors (Lipinski definition) is 4. The fourth-order valence-electron chi connectivity index (χ4n) is 2.69. The zero-order valence-electron chi connectivity index (χ0n) is 13.7. The molecule has 25 heavy (non-hydrogen) atoms. The van der Waals surface area contributed by atoms with Crippen molar-refractivity contribution in [2.45, 2.75) is 11.4 Å². The van der Waals surface area contributed by atoms with E-state index in [0.29, 0.717) is 37.4 Å². The number of carbonyl (C=O) groups is 1. The summed E-state index contributed by atoms with van der Waals surface area (Å²) in [6.07, 6.45) is 0. The minimum absolute atomic E-state index is 0.146. The number of nitrogens with one attached hydrogen (secondary N) is 1. The summed E-state index contributed by atoms with van der Waals surface area (Å²) in [4.78, 5) is 12.4.